The Morgan fingerprint density at radius 2 is 1.95 bits per heavy atom. The van der Waals surface area contributed by atoms with Crippen LogP contribution in [0.5, 0.6) is 0 Å². The van der Waals surface area contributed by atoms with Crippen molar-refractivity contribution in [3.8, 4) is 0 Å². The van der Waals surface area contributed by atoms with E-state index in [0.717, 1.165) is 11.1 Å². The molecule has 0 radical (unpaired) electrons. The summed E-state index contributed by atoms with van der Waals surface area (Å²) in [5.74, 6) is -0.381. The molecule has 1 aromatic carbocycles. The molecule has 1 heterocycles. The molecule has 1 aromatic heterocycles. The van der Waals surface area contributed by atoms with Gasteiger partial charge < -0.3 is 10.6 Å². The number of amides is 2. The second-order valence-corrected chi connectivity index (χ2v) is 4.56. The first-order valence-electron chi connectivity index (χ1n) is 6.30. The zero-order chi connectivity index (χ0) is 14.5. The van der Waals surface area contributed by atoms with Crippen molar-refractivity contribution in [1.82, 2.24) is 10.3 Å². The van der Waals surface area contributed by atoms with Crippen LogP contribution in [0, 0.1) is 12.7 Å². The smallest absolute Gasteiger partial charge is 0.319 e. The largest absolute Gasteiger partial charge is 0.331 e. The fraction of sp³-hybridized carbons (Fsp3) is 0.200. The van der Waals surface area contributed by atoms with Crippen LogP contribution in [-0.4, -0.2) is 11.0 Å². The van der Waals surface area contributed by atoms with Crippen LogP contribution in [0.2, 0.25) is 0 Å². The van der Waals surface area contributed by atoms with E-state index >= 15 is 0 Å². The monoisotopic (exact) mass is 273 g/mol. The molecule has 104 valence electrons. The highest BCUT2D eigenvalue weighted by molar-refractivity contribution is 5.90. The minimum atomic E-state index is -0.381. The molecule has 2 rings (SSSR count). The van der Waals surface area contributed by atoms with E-state index in [1.165, 1.54) is 12.1 Å². The van der Waals surface area contributed by atoms with E-state index < -0.39 is 0 Å². The minimum absolute atomic E-state index is 0.160. The quantitative estimate of drug-likeness (QED) is 0.900. The van der Waals surface area contributed by atoms with Gasteiger partial charge in [0.05, 0.1) is 6.04 Å². The molecule has 1 atom stereocenters. The Morgan fingerprint density at radius 3 is 2.65 bits per heavy atom. The van der Waals surface area contributed by atoms with Crippen molar-refractivity contribution in [1.29, 1.82) is 0 Å². The van der Waals surface area contributed by atoms with Crippen LogP contribution >= 0.6 is 0 Å². The average molecular weight is 273 g/mol. The predicted octanol–water partition coefficient (Wildman–Crippen LogP) is 3.41. The van der Waals surface area contributed by atoms with Crippen molar-refractivity contribution in [2.75, 3.05) is 5.32 Å². The molecule has 1 unspecified atom stereocenters. The number of anilines is 1. The number of halogens is 1. The second kappa shape index (κ2) is 6.14. The van der Waals surface area contributed by atoms with Gasteiger partial charge in [-0.3, -0.25) is 4.98 Å². The lowest BCUT2D eigenvalue weighted by molar-refractivity contribution is 0.249. The Morgan fingerprint density at radius 1 is 1.25 bits per heavy atom. The summed E-state index contributed by atoms with van der Waals surface area (Å²) in [6.07, 6.45) is 3.34. The van der Waals surface area contributed by atoms with Gasteiger partial charge in [-0.05, 0) is 49.2 Å². The third-order valence-corrected chi connectivity index (χ3v) is 3.00. The Kier molecular flexibility index (Phi) is 4.30. The minimum Gasteiger partial charge on any atom is -0.331 e. The summed E-state index contributed by atoms with van der Waals surface area (Å²) in [4.78, 5) is 15.8. The maximum absolute atomic E-state index is 13.1. The van der Waals surface area contributed by atoms with Crippen LogP contribution in [-0.2, 0) is 0 Å². The number of carbonyl (C=O) groups is 1. The molecular weight excluding hydrogens is 257 g/mol. The first-order chi connectivity index (χ1) is 9.56. The Balaban J connectivity index is 2.01. The van der Waals surface area contributed by atoms with Gasteiger partial charge in [0.15, 0.2) is 0 Å². The summed E-state index contributed by atoms with van der Waals surface area (Å²) in [6, 6.07) is 7.41. The second-order valence-electron chi connectivity index (χ2n) is 4.56. The van der Waals surface area contributed by atoms with Gasteiger partial charge in [-0.1, -0.05) is 6.07 Å². The highest BCUT2D eigenvalue weighted by Gasteiger charge is 2.10. The van der Waals surface area contributed by atoms with Gasteiger partial charge in [0.25, 0.3) is 0 Å². The lowest BCUT2D eigenvalue weighted by Crippen LogP contribution is -2.31. The standard InChI is InChI=1S/C15H16FN3O/c1-10-3-4-13(16)9-14(10)19-15(20)18-11(2)12-5-7-17-8-6-12/h3-9,11H,1-2H3,(H2,18,19,20). The average Bonchev–Trinajstić information content (AvgIpc) is 2.43. The molecular formula is C15H16FN3O. The summed E-state index contributed by atoms with van der Waals surface area (Å²) >= 11 is 0. The number of aryl methyl sites for hydroxylation is 1. The van der Waals surface area contributed by atoms with Crippen LogP contribution in [0.4, 0.5) is 14.9 Å². The van der Waals surface area contributed by atoms with Crippen molar-refractivity contribution in [2.45, 2.75) is 19.9 Å². The number of rotatable bonds is 3. The van der Waals surface area contributed by atoms with Gasteiger partial charge in [-0.2, -0.15) is 0 Å². The molecule has 5 heteroatoms. The lowest BCUT2D eigenvalue weighted by atomic mass is 10.1. The zero-order valence-electron chi connectivity index (χ0n) is 11.4. The Hall–Kier alpha value is -2.43. The topological polar surface area (TPSA) is 54.0 Å². The number of carbonyl (C=O) groups excluding carboxylic acids is 1. The van der Waals surface area contributed by atoms with Crippen molar-refractivity contribution in [3.63, 3.8) is 0 Å². The highest BCUT2D eigenvalue weighted by Crippen LogP contribution is 2.16. The number of pyridine rings is 1. The van der Waals surface area contributed by atoms with Gasteiger partial charge in [0.2, 0.25) is 0 Å². The third kappa shape index (κ3) is 3.54. The molecule has 0 saturated carbocycles. The Labute approximate surface area is 117 Å². The van der Waals surface area contributed by atoms with E-state index in [2.05, 4.69) is 15.6 Å². The van der Waals surface area contributed by atoms with E-state index in [0.29, 0.717) is 5.69 Å². The Bertz CT molecular complexity index is 601. The SMILES string of the molecule is Cc1ccc(F)cc1NC(=O)NC(C)c1ccncc1. The van der Waals surface area contributed by atoms with E-state index in [9.17, 15) is 9.18 Å². The first-order valence-corrected chi connectivity index (χ1v) is 6.30. The highest BCUT2D eigenvalue weighted by atomic mass is 19.1. The summed E-state index contributed by atoms with van der Waals surface area (Å²) in [5, 5.41) is 5.44. The molecule has 2 amide bonds. The molecule has 2 N–H and O–H groups in total. The number of hydrogen-bond acceptors (Lipinski definition) is 2. The number of nitrogens with one attached hydrogen (secondary N) is 2. The summed E-state index contributed by atoms with van der Waals surface area (Å²) in [5.41, 5.74) is 2.22. The zero-order valence-corrected chi connectivity index (χ0v) is 11.4. The van der Waals surface area contributed by atoms with Crippen molar-refractivity contribution in [3.05, 3.63) is 59.7 Å². The molecule has 2 aromatic rings. The van der Waals surface area contributed by atoms with E-state index in [-0.39, 0.29) is 17.9 Å². The van der Waals surface area contributed by atoms with Crippen molar-refractivity contribution in [2.24, 2.45) is 0 Å². The van der Waals surface area contributed by atoms with Crippen LogP contribution < -0.4 is 10.6 Å². The molecule has 0 fully saturated rings. The molecule has 0 bridgehead atoms. The normalized spacial score (nSPS) is 11.8. The summed E-state index contributed by atoms with van der Waals surface area (Å²) in [6.45, 7) is 3.68. The maximum atomic E-state index is 13.1. The van der Waals surface area contributed by atoms with Crippen molar-refractivity contribution < 1.29 is 9.18 Å². The molecule has 0 saturated heterocycles. The van der Waals surface area contributed by atoms with E-state index in [4.69, 9.17) is 0 Å². The summed E-state index contributed by atoms with van der Waals surface area (Å²) in [7, 11) is 0. The van der Waals surface area contributed by atoms with E-state index in [1.807, 2.05) is 19.1 Å². The third-order valence-electron chi connectivity index (χ3n) is 3.00. The molecule has 0 aliphatic carbocycles. The number of aromatic nitrogens is 1. The van der Waals surface area contributed by atoms with Gasteiger partial charge in [0, 0.05) is 18.1 Å². The van der Waals surface area contributed by atoms with Gasteiger partial charge >= 0.3 is 6.03 Å². The van der Waals surface area contributed by atoms with Gasteiger partial charge in [0.1, 0.15) is 5.82 Å². The van der Waals surface area contributed by atoms with Crippen LogP contribution in [0.15, 0.2) is 42.7 Å². The maximum Gasteiger partial charge on any atom is 0.319 e. The molecule has 0 aliphatic rings. The van der Waals surface area contributed by atoms with Gasteiger partial charge in [-0.25, -0.2) is 9.18 Å². The number of urea groups is 1. The first kappa shape index (κ1) is 14.0. The molecule has 0 aliphatic heterocycles. The van der Waals surface area contributed by atoms with Crippen LogP contribution in [0.3, 0.4) is 0 Å². The van der Waals surface area contributed by atoms with E-state index in [1.54, 1.807) is 25.4 Å². The van der Waals surface area contributed by atoms with Gasteiger partial charge in [-0.15, -0.1) is 0 Å². The molecule has 0 spiro atoms. The molecule has 4 nitrogen and oxygen atoms in total. The fourth-order valence-electron chi connectivity index (χ4n) is 1.82. The summed E-state index contributed by atoms with van der Waals surface area (Å²) < 4.78 is 13.1. The number of hydrogen-bond donors (Lipinski definition) is 2. The predicted molar refractivity (Wildman–Crippen MR) is 75.9 cm³/mol. The fourth-order valence-corrected chi connectivity index (χ4v) is 1.82. The lowest BCUT2D eigenvalue weighted by Gasteiger charge is -2.15. The van der Waals surface area contributed by atoms with Crippen LogP contribution in [0.25, 0.3) is 0 Å². The van der Waals surface area contributed by atoms with Crippen LogP contribution in [0.1, 0.15) is 24.1 Å². The number of nitrogens with zero attached hydrogens (tertiary/aromatic N) is 1. The van der Waals surface area contributed by atoms with Crippen molar-refractivity contribution >= 4 is 11.7 Å². The molecule has 20 heavy (non-hydrogen) atoms. The number of benzene rings is 1.